The Morgan fingerprint density at radius 3 is 1.97 bits per heavy atom. The topological polar surface area (TPSA) is 0 Å². The number of benzene rings is 2. The van der Waals surface area contributed by atoms with Crippen molar-refractivity contribution < 1.29 is 8.78 Å². The molecule has 0 unspecified atom stereocenters. The molecule has 0 aromatic heterocycles. The van der Waals surface area contributed by atoms with Gasteiger partial charge in [0.1, 0.15) is 0 Å². The first kappa shape index (κ1) is 24.6. The second kappa shape index (κ2) is 11.8. The van der Waals surface area contributed by atoms with Crippen molar-refractivity contribution in [2.24, 2.45) is 17.8 Å². The van der Waals surface area contributed by atoms with Crippen LogP contribution in [-0.2, 0) is 0 Å². The molecule has 179 valence electrons. The van der Waals surface area contributed by atoms with E-state index in [1.54, 1.807) is 24.2 Å². The summed E-state index contributed by atoms with van der Waals surface area (Å²) in [6, 6.07) is 17.4. The van der Waals surface area contributed by atoms with Crippen LogP contribution < -0.4 is 0 Å². The monoisotopic (exact) mass is 467 g/mol. The summed E-state index contributed by atoms with van der Waals surface area (Å²) in [5.74, 6) is 1.90. The van der Waals surface area contributed by atoms with Gasteiger partial charge in [0.15, 0.2) is 11.6 Å². The summed E-state index contributed by atoms with van der Waals surface area (Å²) >= 11 is 0. The summed E-state index contributed by atoms with van der Waals surface area (Å²) in [4.78, 5) is 0. The van der Waals surface area contributed by atoms with E-state index < -0.39 is 11.6 Å². The third kappa shape index (κ3) is 7.01. The van der Waals surface area contributed by atoms with Crippen LogP contribution in [0.2, 0.25) is 18.1 Å². The fourth-order valence-corrected chi connectivity index (χ4v) is 9.37. The van der Waals surface area contributed by atoms with Crippen LogP contribution in [0, 0.1) is 29.4 Å². The molecule has 1 saturated carbocycles. The van der Waals surface area contributed by atoms with E-state index in [0.29, 0.717) is 5.92 Å². The van der Waals surface area contributed by atoms with E-state index >= 15 is 0 Å². The highest BCUT2D eigenvalue weighted by molar-refractivity contribution is 6.58. The summed E-state index contributed by atoms with van der Waals surface area (Å²) in [7, 11) is -0.0155. The van der Waals surface area contributed by atoms with Crippen molar-refractivity contribution in [3.63, 3.8) is 0 Å². The maximum Gasteiger partial charge on any atom is 0.159 e. The lowest BCUT2D eigenvalue weighted by Gasteiger charge is -2.32. The molecular formula is C30H41F2Si. The molecule has 2 aliphatic rings. The van der Waals surface area contributed by atoms with Gasteiger partial charge in [0, 0.05) is 8.80 Å². The summed E-state index contributed by atoms with van der Waals surface area (Å²) in [6.07, 6.45) is 12.7. The van der Waals surface area contributed by atoms with Gasteiger partial charge in [0.2, 0.25) is 0 Å². The molecule has 0 bridgehead atoms. The lowest BCUT2D eigenvalue weighted by Crippen LogP contribution is -2.22. The van der Waals surface area contributed by atoms with Gasteiger partial charge in [-0.2, -0.15) is 0 Å². The standard InChI is InChI=1S/C30H41F2Si/c1-22(2)15-18-33-19-16-24(17-20-33)4-3-23-5-7-25(8-6-23)26-9-11-27(12-10-26)28-13-14-29(31)30(32)21-28/h9-14,21-25H,3-8,15-20H2,1-2H3. The molecule has 0 spiro atoms. The quantitative estimate of drug-likeness (QED) is 0.339. The lowest BCUT2D eigenvalue weighted by atomic mass is 9.76. The highest BCUT2D eigenvalue weighted by atomic mass is 28.3. The Kier molecular flexibility index (Phi) is 8.79. The zero-order chi connectivity index (χ0) is 23.2. The van der Waals surface area contributed by atoms with Crippen molar-refractivity contribution in [1.82, 2.24) is 0 Å². The van der Waals surface area contributed by atoms with E-state index in [2.05, 4.69) is 38.1 Å². The molecule has 1 radical (unpaired) electrons. The summed E-state index contributed by atoms with van der Waals surface area (Å²) in [6.45, 7) is 4.74. The van der Waals surface area contributed by atoms with Crippen molar-refractivity contribution in [1.29, 1.82) is 0 Å². The van der Waals surface area contributed by atoms with Crippen molar-refractivity contribution in [3.8, 4) is 11.1 Å². The molecule has 0 amide bonds. The first-order valence-electron chi connectivity index (χ1n) is 13.4. The fourth-order valence-electron chi connectivity index (χ4n) is 6.00. The summed E-state index contributed by atoms with van der Waals surface area (Å²) in [5.41, 5.74) is 3.09. The minimum atomic E-state index is -0.789. The highest BCUT2D eigenvalue weighted by Gasteiger charge is 2.26. The van der Waals surface area contributed by atoms with Gasteiger partial charge in [0.05, 0.1) is 0 Å². The van der Waals surface area contributed by atoms with E-state index in [9.17, 15) is 8.78 Å². The van der Waals surface area contributed by atoms with Crippen LogP contribution in [0.3, 0.4) is 0 Å². The number of hydrogen-bond donors (Lipinski definition) is 0. The largest absolute Gasteiger partial charge is 0.204 e. The lowest BCUT2D eigenvalue weighted by molar-refractivity contribution is 0.280. The van der Waals surface area contributed by atoms with Crippen molar-refractivity contribution in [2.75, 3.05) is 0 Å². The Hall–Kier alpha value is -1.48. The van der Waals surface area contributed by atoms with Gasteiger partial charge in [-0.1, -0.05) is 94.4 Å². The molecule has 2 fully saturated rings. The molecule has 1 aliphatic carbocycles. The van der Waals surface area contributed by atoms with Crippen LogP contribution >= 0.6 is 0 Å². The molecule has 0 atom stereocenters. The second-order valence-electron chi connectivity index (χ2n) is 11.2. The SMILES string of the molecule is CC(C)CC[Si]1CCC(CCC2CCC(c3ccc(-c4ccc(F)c(F)c4)cc3)CC2)CC1. The molecule has 4 rings (SSSR count). The first-order valence-corrected chi connectivity index (χ1v) is 15.5. The Balaban J connectivity index is 1.18. The van der Waals surface area contributed by atoms with E-state index in [4.69, 9.17) is 0 Å². The zero-order valence-corrected chi connectivity index (χ0v) is 21.6. The molecule has 2 aromatic rings. The molecule has 33 heavy (non-hydrogen) atoms. The predicted molar refractivity (Wildman–Crippen MR) is 138 cm³/mol. The van der Waals surface area contributed by atoms with Gasteiger partial charge in [-0.25, -0.2) is 8.78 Å². The molecule has 1 heterocycles. The van der Waals surface area contributed by atoms with E-state index in [1.165, 1.54) is 75.5 Å². The third-order valence-electron chi connectivity index (χ3n) is 8.35. The number of hydrogen-bond acceptors (Lipinski definition) is 0. The molecule has 1 saturated heterocycles. The molecular weight excluding hydrogens is 426 g/mol. The van der Waals surface area contributed by atoms with E-state index in [-0.39, 0.29) is 8.80 Å². The molecule has 0 N–H and O–H groups in total. The molecule has 1 aliphatic heterocycles. The van der Waals surface area contributed by atoms with Gasteiger partial charge in [-0.3, -0.25) is 0 Å². The minimum absolute atomic E-state index is 0.0155. The van der Waals surface area contributed by atoms with Gasteiger partial charge in [-0.15, -0.1) is 0 Å². The third-order valence-corrected chi connectivity index (χ3v) is 11.3. The van der Waals surface area contributed by atoms with Crippen molar-refractivity contribution in [2.45, 2.75) is 95.7 Å². The molecule has 2 aromatic carbocycles. The predicted octanol–water partition coefficient (Wildman–Crippen LogP) is 9.64. The smallest absolute Gasteiger partial charge is 0.159 e. The average Bonchev–Trinajstić information content (AvgIpc) is 2.84. The van der Waals surface area contributed by atoms with Gasteiger partial charge in [0.25, 0.3) is 0 Å². The Bertz CT molecular complexity index is 859. The van der Waals surface area contributed by atoms with E-state index in [1.807, 2.05) is 0 Å². The normalized spacial score (nSPS) is 22.7. The van der Waals surface area contributed by atoms with Crippen molar-refractivity contribution >= 4 is 8.80 Å². The molecule has 0 nitrogen and oxygen atoms in total. The Morgan fingerprint density at radius 1 is 0.758 bits per heavy atom. The highest BCUT2D eigenvalue weighted by Crippen LogP contribution is 2.40. The van der Waals surface area contributed by atoms with Crippen LogP contribution in [-0.4, -0.2) is 8.80 Å². The Morgan fingerprint density at radius 2 is 1.36 bits per heavy atom. The van der Waals surface area contributed by atoms with Crippen LogP contribution in [0.5, 0.6) is 0 Å². The maximum absolute atomic E-state index is 13.6. The van der Waals surface area contributed by atoms with Gasteiger partial charge < -0.3 is 0 Å². The average molecular weight is 468 g/mol. The van der Waals surface area contributed by atoms with Gasteiger partial charge >= 0.3 is 0 Å². The number of rotatable bonds is 8. The number of halogens is 2. The van der Waals surface area contributed by atoms with Crippen LogP contribution in [0.1, 0.15) is 83.1 Å². The zero-order valence-electron chi connectivity index (χ0n) is 20.6. The van der Waals surface area contributed by atoms with Gasteiger partial charge in [-0.05, 0) is 78.2 Å². The fraction of sp³-hybridized carbons (Fsp3) is 0.600. The summed E-state index contributed by atoms with van der Waals surface area (Å²) < 4.78 is 26.8. The maximum atomic E-state index is 13.6. The first-order chi connectivity index (χ1) is 16.0. The van der Waals surface area contributed by atoms with Crippen LogP contribution in [0.25, 0.3) is 11.1 Å². The summed E-state index contributed by atoms with van der Waals surface area (Å²) in [5, 5.41) is 0. The Labute approximate surface area is 201 Å². The molecule has 3 heteroatoms. The van der Waals surface area contributed by atoms with Crippen LogP contribution in [0.4, 0.5) is 8.78 Å². The van der Waals surface area contributed by atoms with Crippen molar-refractivity contribution in [3.05, 3.63) is 59.7 Å². The van der Waals surface area contributed by atoms with Crippen LogP contribution in [0.15, 0.2) is 42.5 Å². The van der Waals surface area contributed by atoms with E-state index in [0.717, 1.165) is 28.9 Å². The second-order valence-corrected chi connectivity index (χ2v) is 14.2. The minimum Gasteiger partial charge on any atom is -0.204 e.